The number of benzene rings is 1. The number of carbonyl (C=O) groups is 1. The van der Waals surface area contributed by atoms with Crippen LogP contribution < -0.4 is 5.32 Å². The molecule has 2 heterocycles. The van der Waals surface area contributed by atoms with Gasteiger partial charge in [0.05, 0.1) is 10.6 Å². The highest BCUT2D eigenvalue weighted by molar-refractivity contribution is 7.81. The van der Waals surface area contributed by atoms with Gasteiger partial charge >= 0.3 is 0 Å². The monoisotopic (exact) mass is 365 g/mol. The molecule has 0 saturated carbocycles. The Morgan fingerprint density at radius 3 is 2.70 bits per heavy atom. The fourth-order valence-corrected chi connectivity index (χ4v) is 3.57. The van der Waals surface area contributed by atoms with Gasteiger partial charge in [0.1, 0.15) is 5.70 Å². The maximum absolute atomic E-state index is 12.5. The molecular weight excluding hydrogens is 354 g/mol. The molecule has 1 aliphatic rings. The first-order valence-corrected chi connectivity index (χ1v) is 8.93. The molecule has 1 N–H and O–H groups in total. The quantitative estimate of drug-likeness (QED) is 0.907. The van der Waals surface area contributed by atoms with Gasteiger partial charge in [-0.25, -0.2) is 4.21 Å². The topological polar surface area (TPSA) is 61.8 Å². The zero-order chi connectivity index (χ0) is 16.4. The predicted molar refractivity (Wildman–Crippen MR) is 94.9 cm³/mol. The Bertz CT molecular complexity index is 814. The van der Waals surface area contributed by atoms with Gasteiger partial charge in [0.2, 0.25) is 11.2 Å². The third-order valence-corrected chi connectivity index (χ3v) is 5.29. The highest BCUT2D eigenvalue weighted by Gasteiger charge is 2.25. The number of anilines is 1. The molecule has 8 heteroatoms. The molecule has 5 nitrogen and oxygen atoms in total. The van der Waals surface area contributed by atoms with Crippen molar-refractivity contribution in [3.05, 3.63) is 63.5 Å². The summed E-state index contributed by atoms with van der Waals surface area (Å²) in [4.78, 5) is 13.3. The molecule has 1 amide bonds. The molecule has 0 aliphatic carbocycles. The van der Waals surface area contributed by atoms with Crippen LogP contribution in [0.15, 0.2) is 57.9 Å². The van der Waals surface area contributed by atoms with Gasteiger partial charge in [-0.2, -0.15) is 4.40 Å². The molecule has 1 unspecified atom stereocenters. The second-order valence-electron chi connectivity index (χ2n) is 4.67. The molecule has 3 rings (SSSR count). The number of nitrogens with one attached hydrogen (secondary N) is 1. The second-order valence-corrected chi connectivity index (χ2v) is 7.25. The van der Waals surface area contributed by atoms with Crippen molar-refractivity contribution < 1.29 is 9.00 Å². The van der Waals surface area contributed by atoms with Crippen LogP contribution in [0.2, 0.25) is 5.02 Å². The summed E-state index contributed by atoms with van der Waals surface area (Å²) in [6.07, 6.45) is 1.64. The number of allylic oxidation sites excluding steroid dienone is 1. The number of halogens is 1. The average Bonchev–Trinajstić information content (AvgIpc) is 3.06. The zero-order valence-electron chi connectivity index (χ0n) is 12.0. The Balaban J connectivity index is 1.87. The Hall–Kier alpha value is -1.96. The van der Waals surface area contributed by atoms with E-state index in [4.69, 9.17) is 11.6 Å². The molecule has 0 bridgehead atoms. The minimum atomic E-state index is -1.63. The summed E-state index contributed by atoms with van der Waals surface area (Å²) in [6.45, 7) is 0. The minimum absolute atomic E-state index is 0.289. The van der Waals surface area contributed by atoms with Crippen LogP contribution in [-0.4, -0.2) is 27.2 Å². The number of thiophene rings is 1. The molecular formula is C15H12ClN3O2S2. The van der Waals surface area contributed by atoms with Gasteiger partial charge in [0.25, 0.3) is 5.91 Å². The predicted octanol–water partition coefficient (Wildman–Crippen LogP) is 3.24. The van der Waals surface area contributed by atoms with Crippen LogP contribution in [0.1, 0.15) is 4.88 Å². The van der Waals surface area contributed by atoms with E-state index in [2.05, 4.69) is 9.71 Å². The van der Waals surface area contributed by atoms with Crippen LogP contribution in [0.25, 0.3) is 0 Å². The van der Waals surface area contributed by atoms with Gasteiger partial charge in [-0.3, -0.25) is 9.10 Å². The number of carbonyl (C=O) groups excluding carboxylic acids is 1. The average molecular weight is 366 g/mol. The lowest BCUT2D eigenvalue weighted by Gasteiger charge is -2.22. The lowest BCUT2D eigenvalue weighted by atomic mass is 10.2. The zero-order valence-corrected chi connectivity index (χ0v) is 14.4. The van der Waals surface area contributed by atoms with Crippen molar-refractivity contribution >= 4 is 51.4 Å². The summed E-state index contributed by atoms with van der Waals surface area (Å²) in [5.74, 6) is -0.355. The lowest BCUT2D eigenvalue weighted by Crippen LogP contribution is -2.32. The van der Waals surface area contributed by atoms with Crippen molar-refractivity contribution in [3.63, 3.8) is 0 Å². The fraction of sp³-hybridized carbons (Fsp3) is 0.0667. The summed E-state index contributed by atoms with van der Waals surface area (Å²) in [5, 5.41) is 5.25. The number of rotatable bonds is 3. The Labute approximate surface area is 145 Å². The van der Waals surface area contributed by atoms with Crippen molar-refractivity contribution in [1.29, 1.82) is 0 Å². The van der Waals surface area contributed by atoms with Crippen LogP contribution in [0.4, 0.5) is 5.69 Å². The Morgan fingerprint density at radius 2 is 2.04 bits per heavy atom. The van der Waals surface area contributed by atoms with E-state index in [1.165, 1.54) is 15.6 Å². The maximum Gasteiger partial charge on any atom is 0.272 e. The number of likely N-dealkylation sites (N-methyl/N-ethyl adjacent to an activating group) is 1. The van der Waals surface area contributed by atoms with Crippen LogP contribution in [-0.2, 0) is 16.0 Å². The van der Waals surface area contributed by atoms with Crippen LogP contribution in [0.5, 0.6) is 0 Å². The SMILES string of the molecule is CN1C(C(=O)Nc2ccc(Cl)cc2)=CC(c2cccs2)=NS1=O. The highest BCUT2D eigenvalue weighted by atomic mass is 35.5. The molecule has 118 valence electrons. The van der Waals surface area contributed by atoms with Crippen molar-refractivity contribution in [2.75, 3.05) is 12.4 Å². The van der Waals surface area contributed by atoms with E-state index >= 15 is 0 Å². The van der Waals surface area contributed by atoms with Crippen LogP contribution in [0, 0.1) is 0 Å². The first-order valence-electron chi connectivity index (χ1n) is 6.61. The molecule has 0 saturated heterocycles. The summed E-state index contributed by atoms with van der Waals surface area (Å²) in [5.41, 5.74) is 1.44. The van der Waals surface area contributed by atoms with Gasteiger partial charge in [-0.05, 0) is 41.8 Å². The molecule has 0 fully saturated rings. The van der Waals surface area contributed by atoms with E-state index in [-0.39, 0.29) is 11.6 Å². The molecule has 23 heavy (non-hydrogen) atoms. The summed E-state index contributed by atoms with van der Waals surface area (Å²) in [6, 6.07) is 10.5. The first kappa shape index (κ1) is 15.9. The van der Waals surface area contributed by atoms with Gasteiger partial charge < -0.3 is 5.32 Å². The molecule has 1 atom stereocenters. The smallest absolute Gasteiger partial charge is 0.272 e. The van der Waals surface area contributed by atoms with E-state index in [1.54, 1.807) is 37.4 Å². The standard InChI is InChI=1S/C15H12ClN3O2S2/c1-19-13(15(20)17-11-6-4-10(16)5-7-11)9-12(18-23(19)21)14-3-2-8-22-14/h2-9H,1H3,(H,17,20). The Morgan fingerprint density at radius 1 is 1.30 bits per heavy atom. The van der Waals surface area contributed by atoms with Gasteiger partial charge in [0.15, 0.2) is 0 Å². The van der Waals surface area contributed by atoms with E-state index in [9.17, 15) is 9.00 Å². The molecule has 1 aliphatic heterocycles. The summed E-state index contributed by atoms with van der Waals surface area (Å²) >= 11 is 5.67. The van der Waals surface area contributed by atoms with Crippen molar-refractivity contribution in [2.24, 2.45) is 4.40 Å². The number of amides is 1. The Kier molecular flexibility index (Phi) is 4.61. The molecule has 1 aromatic heterocycles. The summed E-state index contributed by atoms with van der Waals surface area (Å²) in [7, 11) is 1.57. The maximum atomic E-state index is 12.5. The molecule has 0 radical (unpaired) electrons. The normalized spacial score (nSPS) is 17.5. The highest BCUT2D eigenvalue weighted by Crippen LogP contribution is 2.21. The fourth-order valence-electron chi connectivity index (χ4n) is 1.95. The third-order valence-electron chi connectivity index (χ3n) is 3.13. The van der Waals surface area contributed by atoms with Crippen molar-refractivity contribution in [2.45, 2.75) is 0 Å². The van der Waals surface area contributed by atoms with E-state index in [1.807, 2.05) is 17.5 Å². The van der Waals surface area contributed by atoms with Gasteiger partial charge in [-0.1, -0.05) is 17.7 Å². The second kappa shape index (κ2) is 6.66. The van der Waals surface area contributed by atoms with Crippen LogP contribution >= 0.6 is 22.9 Å². The number of hydrogen-bond acceptors (Lipinski definition) is 3. The molecule has 2 aromatic rings. The number of nitrogens with zero attached hydrogens (tertiary/aromatic N) is 2. The minimum Gasteiger partial charge on any atom is -0.321 e. The van der Waals surface area contributed by atoms with E-state index < -0.39 is 11.2 Å². The molecule has 0 spiro atoms. The molecule has 1 aromatic carbocycles. The largest absolute Gasteiger partial charge is 0.321 e. The first-order chi connectivity index (χ1) is 11.0. The van der Waals surface area contributed by atoms with Crippen molar-refractivity contribution in [3.8, 4) is 0 Å². The van der Waals surface area contributed by atoms with Crippen LogP contribution in [0.3, 0.4) is 0 Å². The van der Waals surface area contributed by atoms with Crippen molar-refractivity contribution in [1.82, 2.24) is 4.31 Å². The van der Waals surface area contributed by atoms with E-state index in [0.29, 0.717) is 16.4 Å². The summed E-state index contributed by atoms with van der Waals surface area (Å²) < 4.78 is 17.6. The lowest BCUT2D eigenvalue weighted by molar-refractivity contribution is -0.113. The van der Waals surface area contributed by atoms with Gasteiger partial charge in [0, 0.05) is 17.8 Å². The number of hydrogen-bond donors (Lipinski definition) is 1. The third kappa shape index (κ3) is 3.52. The van der Waals surface area contributed by atoms with E-state index in [0.717, 1.165) is 4.88 Å². The van der Waals surface area contributed by atoms with Gasteiger partial charge in [-0.15, -0.1) is 11.3 Å².